The largest absolute Gasteiger partial charge is 0.478 e. The van der Waals surface area contributed by atoms with Crippen LogP contribution in [-0.2, 0) is 0 Å². The maximum Gasteiger partial charge on any atom is 0.337 e. The zero-order valence-corrected chi connectivity index (χ0v) is 10.8. The van der Waals surface area contributed by atoms with E-state index < -0.39 is 11.9 Å². The van der Waals surface area contributed by atoms with Crippen molar-refractivity contribution in [1.82, 2.24) is 0 Å². The Kier molecular flexibility index (Phi) is 4.72. The van der Waals surface area contributed by atoms with Gasteiger partial charge in [0.2, 0.25) is 0 Å². The molecule has 0 bridgehead atoms. The van der Waals surface area contributed by atoms with Gasteiger partial charge in [0.15, 0.2) is 0 Å². The molecule has 0 atom stereocenters. The van der Waals surface area contributed by atoms with E-state index in [1.54, 1.807) is 30.3 Å². The van der Waals surface area contributed by atoms with E-state index in [1.165, 1.54) is 12.1 Å². The summed E-state index contributed by atoms with van der Waals surface area (Å²) >= 11 is 0. The van der Waals surface area contributed by atoms with Crippen molar-refractivity contribution in [1.29, 1.82) is 0 Å². The first-order valence-electron chi connectivity index (χ1n) is 5.26. The van der Waals surface area contributed by atoms with E-state index in [0.717, 1.165) is 0 Å². The molecule has 0 aliphatic rings. The van der Waals surface area contributed by atoms with Crippen LogP contribution < -0.4 is 0 Å². The summed E-state index contributed by atoms with van der Waals surface area (Å²) in [7, 11) is 0. The summed E-state index contributed by atoms with van der Waals surface area (Å²) < 4.78 is 0. The Balaban J connectivity index is 0.00000180. The molecule has 0 aliphatic heterocycles. The molecular formula is C14H12O4S. The average molecular weight is 276 g/mol. The number of carboxylic acids is 2. The minimum atomic E-state index is -1.25. The molecule has 4 nitrogen and oxygen atoms in total. The number of hydrogen-bond donors (Lipinski definition) is 2. The Bertz CT molecular complexity index is 608. The van der Waals surface area contributed by atoms with E-state index in [2.05, 4.69) is 0 Å². The van der Waals surface area contributed by atoms with Gasteiger partial charge in [0, 0.05) is 0 Å². The number of hydrogen-bond acceptors (Lipinski definition) is 2. The molecule has 0 saturated carbocycles. The van der Waals surface area contributed by atoms with Crippen molar-refractivity contribution < 1.29 is 19.8 Å². The molecule has 0 spiro atoms. The molecular weight excluding hydrogens is 264 g/mol. The van der Waals surface area contributed by atoms with Crippen molar-refractivity contribution in [2.24, 2.45) is 0 Å². The summed E-state index contributed by atoms with van der Waals surface area (Å²) in [5.41, 5.74) is 0.695. The number of carbonyl (C=O) groups is 2. The lowest BCUT2D eigenvalue weighted by Gasteiger charge is -2.08. The molecule has 0 aromatic heterocycles. The maximum absolute atomic E-state index is 11.3. The second-order valence-corrected chi connectivity index (χ2v) is 3.70. The van der Waals surface area contributed by atoms with Crippen LogP contribution >= 0.6 is 13.5 Å². The lowest BCUT2D eigenvalue weighted by atomic mass is 9.95. The van der Waals surface area contributed by atoms with Gasteiger partial charge in [-0.3, -0.25) is 0 Å². The molecule has 0 saturated heterocycles. The summed E-state index contributed by atoms with van der Waals surface area (Å²) in [6.45, 7) is 0. The highest BCUT2D eigenvalue weighted by Crippen LogP contribution is 2.26. The first-order valence-corrected chi connectivity index (χ1v) is 5.26. The molecule has 0 radical (unpaired) electrons. The Hall–Kier alpha value is -2.27. The molecule has 0 unspecified atom stereocenters. The van der Waals surface area contributed by atoms with Crippen LogP contribution in [0.2, 0.25) is 0 Å². The van der Waals surface area contributed by atoms with E-state index in [-0.39, 0.29) is 24.6 Å². The highest BCUT2D eigenvalue weighted by molar-refractivity contribution is 7.59. The minimum Gasteiger partial charge on any atom is -0.478 e. The molecule has 2 rings (SSSR count). The van der Waals surface area contributed by atoms with Crippen LogP contribution in [0.4, 0.5) is 0 Å². The number of aromatic carboxylic acids is 2. The molecule has 0 heterocycles. The normalized spacial score (nSPS) is 9.47. The van der Waals surface area contributed by atoms with E-state index in [4.69, 9.17) is 5.11 Å². The predicted octanol–water partition coefficient (Wildman–Crippen LogP) is 2.86. The Morgan fingerprint density at radius 1 is 0.789 bits per heavy atom. The summed E-state index contributed by atoms with van der Waals surface area (Å²) in [4.78, 5) is 22.3. The van der Waals surface area contributed by atoms with Gasteiger partial charge >= 0.3 is 11.9 Å². The lowest BCUT2D eigenvalue weighted by Crippen LogP contribution is -2.09. The van der Waals surface area contributed by atoms with Crippen molar-refractivity contribution in [3.63, 3.8) is 0 Å². The second-order valence-electron chi connectivity index (χ2n) is 3.70. The molecule has 19 heavy (non-hydrogen) atoms. The fourth-order valence-electron chi connectivity index (χ4n) is 1.82. The van der Waals surface area contributed by atoms with Crippen molar-refractivity contribution in [2.45, 2.75) is 0 Å². The molecule has 2 aromatic rings. The van der Waals surface area contributed by atoms with Crippen molar-refractivity contribution in [2.75, 3.05) is 0 Å². The topological polar surface area (TPSA) is 74.6 Å². The first-order chi connectivity index (χ1) is 8.61. The van der Waals surface area contributed by atoms with Gasteiger partial charge in [0.25, 0.3) is 0 Å². The number of rotatable bonds is 3. The lowest BCUT2D eigenvalue weighted by molar-refractivity contribution is 0.0652. The minimum absolute atomic E-state index is 0. The van der Waals surface area contributed by atoms with Gasteiger partial charge in [-0.1, -0.05) is 42.5 Å². The second kappa shape index (κ2) is 6.06. The van der Waals surface area contributed by atoms with Crippen molar-refractivity contribution in [3.05, 3.63) is 59.7 Å². The molecule has 98 valence electrons. The van der Waals surface area contributed by atoms with Crippen molar-refractivity contribution >= 4 is 25.4 Å². The zero-order valence-electron chi connectivity index (χ0n) is 9.83. The van der Waals surface area contributed by atoms with Gasteiger partial charge < -0.3 is 10.2 Å². The van der Waals surface area contributed by atoms with Gasteiger partial charge in [0.1, 0.15) is 0 Å². The molecule has 0 amide bonds. The van der Waals surface area contributed by atoms with E-state index in [0.29, 0.717) is 11.1 Å². The average Bonchev–Trinajstić information content (AvgIpc) is 2.38. The van der Waals surface area contributed by atoms with Gasteiger partial charge in [-0.25, -0.2) is 9.59 Å². The van der Waals surface area contributed by atoms with E-state index in [9.17, 15) is 14.7 Å². The fraction of sp³-hybridized carbons (Fsp3) is 0. The smallest absolute Gasteiger partial charge is 0.337 e. The van der Waals surface area contributed by atoms with Crippen molar-refractivity contribution in [3.8, 4) is 11.1 Å². The maximum atomic E-state index is 11.3. The molecule has 5 heteroatoms. The Morgan fingerprint density at radius 2 is 1.42 bits per heavy atom. The molecule has 0 aliphatic carbocycles. The third kappa shape index (κ3) is 2.95. The van der Waals surface area contributed by atoms with Gasteiger partial charge in [0.05, 0.1) is 11.1 Å². The summed E-state index contributed by atoms with van der Waals surface area (Å²) in [5, 5.41) is 18.2. The third-order valence-electron chi connectivity index (χ3n) is 2.59. The van der Waals surface area contributed by atoms with Crippen LogP contribution in [0.1, 0.15) is 20.7 Å². The Morgan fingerprint density at radius 3 is 1.95 bits per heavy atom. The molecule has 2 N–H and O–H groups in total. The standard InChI is InChI=1S/C14H10O4.H2S/c15-13(16)11-8-4-7-10(12(11)14(17)18)9-5-2-1-3-6-9;/h1-8H,(H,15,16)(H,17,18);1H2. The van der Waals surface area contributed by atoms with E-state index in [1.807, 2.05) is 6.07 Å². The predicted molar refractivity (Wildman–Crippen MR) is 76.2 cm³/mol. The van der Waals surface area contributed by atoms with Gasteiger partial charge in [-0.15, -0.1) is 0 Å². The molecule has 2 aromatic carbocycles. The zero-order chi connectivity index (χ0) is 13.1. The highest BCUT2D eigenvalue weighted by Gasteiger charge is 2.20. The first kappa shape index (κ1) is 14.8. The van der Waals surface area contributed by atoms with E-state index >= 15 is 0 Å². The molecule has 0 fully saturated rings. The number of carboxylic acid groups (broad SMARTS) is 2. The monoisotopic (exact) mass is 276 g/mol. The van der Waals surface area contributed by atoms with Crippen LogP contribution in [0, 0.1) is 0 Å². The summed E-state index contributed by atoms with van der Waals surface area (Å²) in [5.74, 6) is -2.49. The van der Waals surface area contributed by atoms with Crippen LogP contribution in [0.25, 0.3) is 11.1 Å². The van der Waals surface area contributed by atoms with Gasteiger partial charge in [-0.2, -0.15) is 13.5 Å². The highest BCUT2D eigenvalue weighted by atomic mass is 32.1. The Labute approximate surface area is 116 Å². The number of benzene rings is 2. The van der Waals surface area contributed by atoms with Gasteiger partial charge in [-0.05, 0) is 17.2 Å². The van der Waals surface area contributed by atoms with Crippen LogP contribution in [0.3, 0.4) is 0 Å². The summed E-state index contributed by atoms with van der Waals surface area (Å²) in [6, 6.07) is 13.3. The fourth-order valence-corrected chi connectivity index (χ4v) is 1.82. The van der Waals surface area contributed by atoms with Crippen LogP contribution in [0.5, 0.6) is 0 Å². The van der Waals surface area contributed by atoms with Crippen LogP contribution in [-0.4, -0.2) is 22.2 Å². The van der Waals surface area contributed by atoms with Crippen LogP contribution in [0.15, 0.2) is 48.5 Å². The third-order valence-corrected chi connectivity index (χ3v) is 2.59. The SMILES string of the molecule is O=C(O)c1cccc(-c2ccccc2)c1C(=O)O.S. The quantitative estimate of drug-likeness (QED) is 0.904. The summed E-state index contributed by atoms with van der Waals surface area (Å²) in [6.07, 6.45) is 0.